The molecule has 5 heteroatoms. The highest BCUT2D eigenvalue weighted by Crippen LogP contribution is 2.30. The molecule has 0 amide bonds. The predicted octanol–water partition coefficient (Wildman–Crippen LogP) is 2.36. The number of aromatic nitrogens is 1. The molecule has 2 aromatic rings. The minimum Gasteiger partial charge on any atom is -0.373 e. The van der Waals surface area contributed by atoms with E-state index in [1.807, 2.05) is 12.1 Å². The van der Waals surface area contributed by atoms with Crippen molar-refractivity contribution in [2.75, 3.05) is 13.2 Å². The van der Waals surface area contributed by atoms with Crippen molar-refractivity contribution in [2.24, 2.45) is 0 Å². The predicted molar refractivity (Wildman–Crippen MR) is 75.7 cm³/mol. The third-order valence-corrected chi connectivity index (χ3v) is 3.67. The molecule has 1 aromatic heterocycles. The second-order valence-corrected chi connectivity index (χ2v) is 5.10. The van der Waals surface area contributed by atoms with Gasteiger partial charge in [-0.25, -0.2) is 0 Å². The van der Waals surface area contributed by atoms with Crippen molar-refractivity contribution in [1.82, 2.24) is 10.3 Å². The van der Waals surface area contributed by atoms with Crippen molar-refractivity contribution in [1.29, 1.82) is 0 Å². The summed E-state index contributed by atoms with van der Waals surface area (Å²) in [7, 11) is 0. The Kier molecular flexibility index (Phi) is 3.31. The molecule has 19 heavy (non-hydrogen) atoms. The van der Waals surface area contributed by atoms with Crippen molar-refractivity contribution in [3.8, 4) is 0 Å². The molecule has 100 valence electrons. The van der Waals surface area contributed by atoms with Gasteiger partial charge in [0.1, 0.15) is 0 Å². The third-order valence-electron chi connectivity index (χ3n) is 3.44. The van der Waals surface area contributed by atoms with Gasteiger partial charge in [-0.1, -0.05) is 24.6 Å². The molecule has 4 nitrogen and oxygen atoms in total. The van der Waals surface area contributed by atoms with E-state index in [2.05, 4.69) is 17.2 Å². The Bertz CT molecular complexity index is 681. The van der Waals surface area contributed by atoms with Gasteiger partial charge in [0.2, 0.25) is 0 Å². The van der Waals surface area contributed by atoms with Crippen molar-refractivity contribution >= 4 is 22.4 Å². The Labute approximate surface area is 115 Å². The Morgan fingerprint density at radius 2 is 2.32 bits per heavy atom. The van der Waals surface area contributed by atoms with Crippen molar-refractivity contribution < 1.29 is 4.74 Å². The Morgan fingerprint density at radius 3 is 3.11 bits per heavy atom. The number of H-pyrrole nitrogens is 1. The minimum absolute atomic E-state index is 0.106. The highest BCUT2D eigenvalue weighted by atomic mass is 35.5. The van der Waals surface area contributed by atoms with Crippen LogP contribution >= 0.6 is 11.6 Å². The maximum absolute atomic E-state index is 12.1. The number of nitrogens with one attached hydrogen (secondary N) is 2. The number of likely N-dealkylation sites (N-methyl/N-ethyl adjacent to an activating group) is 1. The zero-order valence-electron chi connectivity index (χ0n) is 10.6. The van der Waals surface area contributed by atoms with Crippen LogP contribution in [-0.2, 0) is 11.3 Å². The van der Waals surface area contributed by atoms with Gasteiger partial charge < -0.3 is 15.0 Å². The quantitative estimate of drug-likeness (QED) is 0.887. The Balaban J connectivity index is 2.30. The first kappa shape index (κ1) is 12.7. The van der Waals surface area contributed by atoms with Gasteiger partial charge in [0.25, 0.3) is 5.56 Å². The summed E-state index contributed by atoms with van der Waals surface area (Å²) in [5.74, 6) is 0. The van der Waals surface area contributed by atoms with Crippen molar-refractivity contribution in [3.63, 3.8) is 0 Å². The van der Waals surface area contributed by atoms with E-state index in [1.54, 1.807) is 6.07 Å². The average molecular weight is 279 g/mol. The second-order valence-electron chi connectivity index (χ2n) is 4.66. The first-order chi connectivity index (χ1) is 9.20. The summed E-state index contributed by atoms with van der Waals surface area (Å²) in [6.45, 7) is 3.97. The van der Waals surface area contributed by atoms with Crippen LogP contribution in [0.15, 0.2) is 23.0 Å². The molecule has 0 saturated heterocycles. The van der Waals surface area contributed by atoms with Gasteiger partial charge in [0, 0.05) is 21.7 Å². The Morgan fingerprint density at radius 1 is 1.47 bits per heavy atom. The van der Waals surface area contributed by atoms with Gasteiger partial charge >= 0.3 is 0 Å². The summed E-state index contributed by atoms with van der Waals surface area (Å²) in [5.41, 5.74) is 1.87. The van der Waals surface area contributed by atoms with E-state index in [4.69, 9.17) is 16.3 Å². The van der Waals surface area contributed by atoms with Gasteiger partial charge in [-0.15, -0.1) is 0 Å². The zero-order valence-corrected chi connectivity index (χ0v) is 11.4. The molecule has 3 rings (SSSR count). The number of aromatic amines is 1. The molecule has 0 spiro atoms. The molecule has 1 aromatic carbocycles. The maximum Gasteiger partial charge on any atom is 0.256 e. The summed E-state index contributed by atoms with van der Waals surface area (Å²) >= 11 is 5.98. The lowest BCUT2D eigenvalue weighted by molar-refractivity contribution is 0.0802. The fourth-order valence-electron chi connectivity index (χ4n) is 2.65. The van der Waals surface area contributed by atoms with Crippen LogP contribution in [-0.4, -0.2) is 18.1 Å². The van der Waals surface area contributed by atoms with E-state index < -0.39 is 0 Å². The van der Waals surface area contributed by atoms with Crippen LogP contribution in [0.5, 0.6) is 0 Å². The summed E-state index contributed by atoms with van der Waals surface area (Å²) in [4.78, 5) is 15.0. The Hall–Kier alpha value is -1.36. The highest BCUT2D eigenvalue weighted by molar-refractivity contribution is 6.31. The summed E-state index contributed by atoms with van der Waals surface area (Å²) in [6, 6.07) is 5.56. The number of ether oxygens (including phenoxy) is 1. The number of fused-ring (bicyclic) bond motifs is 3. The fourth-order valence-corrected chi connectivity index (χ4v) is 2.83. The summed E-state index contributed by atoms with van der Waals surface area (Å²) < 4.78 is 5.53. The lowest BCUT2D eigenvalue weighted by Crippen LogP contribution is -2.32. The molecule has 2 heterocycles. The normalized spacial score (nSPS) is 18.5. The fraction of sp³-hybridized carbons (Fsp3) is 0.357. The SMILES string of the molecule is CCNC1COCc2[nH]c(=O)c3cc(Cl)ccc3c21. The molecule has 2 N–H and O–H groups in total. The molecule has 0 fully saturated rings. The molecular weight excluding hydrogens is 264 g/mol. The average Bonchev–Trinajstić information content (AvgIpc) is 2.39. The lowest BCUT2D eigenvalue weighted by Gasteiger charge is -2.27. The van der Waals surface area contributed by atoms with E-state index in [1.165, 1.54) is 0 Å². The monoisotopic (exact) mass is 278 g/mol. The van der Waals surface area contributed by atoms with Crippen LogP contribution in [0.2, 0.25) is 5.02 Å². The van der Waals surface area contributed by atoms with E-state index in [0.717, 1.165) is 23.2 Å². The first-order valence-corrected chi connectivity index (χ1v) is 6.74. The van der Waals surface area contributed by atoms with Crippen LogP contribution < -0.4 is 10.9 Å². The molecule has 0 saturated carbocycles. The van der Waals surface area contributed by atoms with Crippen LogP contribution in [0.25, 0.3) is 10.8 Å². The molecule has 0 radical (unpaired) electrons. The number of rotatable bonds is 2. The number of hydrogen-bond donors (Lipinski definition) is 2. The summed E-state index contributed by atoms with van der Waals surface area (Å²) in [5, 5.41) is 5.55. The minimum atomic E-state index is -0.114. The number of halogens is 1. The van der Waals surface area contributed by atoms with Gasteiger partial charge in [-0.3, -0.25) is 4.79 Å². The third kappa shape index (κ3) is 2.16. The molecule has 1 aliphatic heterocycles. The van der Waals surface area contributed by atoms with Gasteiger partial charge in [-0.05, 0) is 24.1 Å². The van der Waals surface area contributed by atoms with Crippen molar-refractivity contribution in [3.05, 3.63) is 44.8 Å². The zero-order chi connectivity index (χ0) is 13.4. The molecular formula is C14H15ClN2O2. The molecule has 0 aliphatic carbocycles. The van der Waals surface area contributed by atoms with Gasteiger partial charge in [0.05, 0.1) is 19.3 Å². The van der Waals surface area contributed by atoms with Gasteiger partial charge in [0.15, 0.2) is 0 Å². The number of benzene rings is 1. The molecule has 0 bridgehead atoms. The van der Waals surface area contributed by atoms with Crippen molar-refractivity contribution in [2.45, 2.75) is 19.6 Å². The lowest BCUT2D eigenvalue weighted by atomic mass is 9.96. The number of pyridine rings is 1. The van der Waals surface area contributed by atoms with Crippen LogP contribution in [0, 0.1) is 0 Å². The van der Waals surface area contributed by atoms with E-state index >= 15 is 0 Å². The van der Waals surface area contributed by atoms with E-state index in [-0.39, 0.29) is 11.6 Å². The highest BCUT2D eigenvalue weighted by Gasteiger charge is 2.24. The largest absolute Gasteiger partial charge is 0.373 e. The topological polar surface area (TPSA) is 54.1 Å². The standard InChI is InChI=1S/C14H15ClN2O2/c1-2-16-11-6-19-7-12-13(11)9-4-3-8(15)5-10(9)14(18)17-12/h3-5,11,16H,2,6-7H2,1H3,(H,17,18). The molecule has 1 unspecified atom stereocenters. The van der Waals surface area contributed by atoms with Crippen LogP contribution in [0.1, 0.15) is 24.2 Å². The van der Waals surface area contributed by atoms with Gasteiger partial charge in [-0.2, -0.15) is 0 Å². The van der Waals surface area contributed by atoms with Crippen LogP contribution in [0.4, 0.5) is 0 Å². The first-order valence-electron chi connectivity index (χ1n) is 6.36. The smallest absolute Gasteiger partial charge is 0.256 e. The maximum atomic E-state index is 12.1. The van der Waals surface area contributed by atoms with E-state index in [0.29, 0.717) is 23.6 Å². The molecule has 1 atom stereocenters. The van der Waals surface area contributed by atoms with Crippen LogP contribution in [0.3, 0.4) is 0 Å². The second kappa shape index (κ2) is 4.96. The summed E-state index contributed by atoms with van der Waals surface area (Å²) in [6.07, 6.45) is 0. The molecule has 1 aliphatic rings. The number of hydrogen-bond acceptors (Lipinski definition) is 3. The van der Waals surface area contributed by atoms with E-state index in [9.17, 15) is 4.79 Å².